The van der Waals surface area contributed by atoms with E-state index in [-0.39, 0.29) is 30.6 Å². The summed E-state index contributed by atoms with van der Waals surface area (Å²) in [6.07, 6.45) is 6.75. The van der Waals surface area contributed by atoms with Gasteiger partial charge in [0.2, 0.25) is 0 Å². The number of hydrogen-bond acceptors (Lipinski definition) is 3. The second-order valence-corrected chi connectivity index (χ2v) is 10.1. The molecule has 1 saturated carbocycles. The molecule has 5 heteroatoms. The standard InChI is InChI=1S/C28H37N3O2/c1-20-8-2-5-11-24(20)21-12-14-22(15-13-21)27-25-18-30(28(33)29-23-9-3-4-10-23)16-6-7-17-31(25)26(27)19-32/h2,5,8,11-15,23,25-27,32H,3-4,6-7,9-10,16-19H2,1H3,(H,29,33)/t25-,26-,27+/m1/s1. The molecule has 5 nitrogen and oxygen atoms in total. The van der Waals surface area contributed by atoms with Crippen molar-refractivity contribution in [3.05, 3.63) is 59.7 Å². The first kappa shape index (κ1) is 22.4. The maximum absolute atomic E-state index is 13.1. The second-order valence-electron chi connectivity index (χ2n) is 10.1. The minimum absolute atomic E-state index is 0.102. The summed E-state index contributed by atoms with van der Waals surface area (Å²) < 4.78 is 0. The molecule has 176 valence electrons. The molecule has 0 spiro atoms. The van der Waals surface area contributed by atoms with Gasteiger partial charge in [-0.25, -0.2) is 4.79 Å². The van der Waals surface area contributed by atoms with Gasteiger partial charge in [-0.15, -0.1) is 0 Å². The average Bonchev–Trinajstić information content (AvgIpc) is 3.32. The molecule has 2 aromatic rings. The first-order valence-corrected chi connectivity index (χ1v) is 12.7. The zero-order valence-corrected chi connectivity index (χ0v) is 19.7. The summed E-state index contributed by atoms with van der Waals surface area (Å²) in [5, 5.41) is 13.5. The van der Waals surface area contributed by atoms with Gasteiger partial charge in [0.25, 0.3) is 0 Å². The van der Waals surface area contributed by atoms with Crippen LogP contribution in [0, 0.1) is 6.92 Å². The predicted octanol–water partition coefficient (Wildman–Crippen LogP) is 4.54. The highest BCUT2D eigenvalue weighted by Gasteiger charge is 2.49. The molecule has 1 aliphatic carbocycles. The average molecular weight is 448 g/mol. The number of aliphatic hydroxyl groups is 1. The molecule has 33 heavy (non-hydrogen) atoms. The van der Waals surface area contributed by atoms with Crippen LogP contribution in [0.3, 0.4) is 0 Å². The molecular formula is C28H37N3O2. The number of aryl methyl sites for hydroxylation is 1. The molecule has 5 rings (SSSR count). The van der Waals surface area contributed by atoms with E-state index in [9.17, 15) is 9.90 Å². The van der Waals surface area contributed by atoms with Gasteiger partial charge in [-0.05, 0) is 61.4 Å². The van der Waals surface area contributed by atoms with E-state index >= 15 is 0 Å². The Bertz CT molecular complexity index is 954. The van der Waals surface area contributed by atoms with Crippen LogP contribution >= 0.6 is 0 Å². The Morgan fingerprint density at radius 2 is 1.73 bits per heavy atom. The Morgan fingerprint density at radius 1 is 1.00 bits per heavy atom. The van der Waals surface area contributed by atoms with Crippen LogP contribution in [0.1, 0.15) is 55.6 Å². The molecule has 3 fully saturated rings. The Hall–Kier alpha value is -2.37. The van der Waals surface area contributed by atoms with Crippen molar-refractivity contribution in [2.45, 2.75) is 69.5 Å². The quantitative estimate of drug-likeness (QED) is 0.724. The number of nitrogens with zero attached hydrogens (tertiary/aromatic N) is 2. The minimum atomic E-state index is 0.102. The van der Waals surface area contributed by atoms with Crippen molar-refractivity contribution in [2.75, 3.05) is 26.2 Å². The molecule has 2 saturated heterocycles. The van der Waals surface area contributed by atoms with E-state index in [1.165, 1.54) is 35.1 Å². The van der Waals surface area contributed by atoms with Crippen LogP contribution in [-0.2, 0) is 0 Å². The van der Waals surface area contributed by atoms with E-state index in [4.69, 9.17) is 0 Å². The molecule has 3 aliphatic rings. The Balaban J connectivity index is 1.34. The van der Waals surface area contributed by atoms with Gasteiger partial charge in [0.05, 0.1) is 6.61 Å². The topological polar surface area (TPSA) is 55.8 Å². The van der Waals surface area contributed by atoms with Gasteiger partial charge in [-0.2, -0.15) is 0 Å². The predicted molar refractivity (Wildman–Crippen MR) is 132 cm³/mol. The number of amides is 2. The lowest BCUT2D eigenvalue weighted by molar-refractivity contribution is -0.0591. The largest absolute Gasteiger partial charge is 0.395 e. The summed E-state index contributed by atoms with van der Waals surface area (Å²) in [5.74, 6) is 0.251. The van der Waals surface area contributed by atoms with Gasteiger partial charge in [-0.3, -0.25) is 4.90 Å². The van der Waals surface area contributed by atoms with Crippen LogP contribution in [0.4, 0.5) is 4.79 Å². The van der Waals surface area contributed by atoms with Crippen LogP contribution in [0.2, 0.25) is 0 Å². The Morgan fingerprint density at radius 3 is 2.45 bits per heavy atom. The molecule has 0 aromatic heterocycles. The molecule has 2 N–H and O–H groups in total. The maximum Gasteiger partial charge on any atom is 0.317 e. The lowest BCUT2D eigenvalue weighted by Crippen LogP contribution is -2.68. The SMILES string of the molecule is Cc1ccccc1-c1ccc([C@@H]2[C@@H](CO)N3CCCCN(C(=O)NC4CCCC4)C[C@H]23)cc1. The fraction of sp³-hybridized carbons (Fsp3) is 0.536. The zero-order chi connectivity index (χ0) is 22.8. The molecule has 0 radical (unpaired) electrons. The number of hydrogen-bond donors (Lipinski definition) is 2. The van der Waals surface area contributed by atoms with E-state index in [2.05, 4.69) is 65.7 Å². The third-order valence-corrected chi connectivity index (χ3v) is 8.09. The summed E-state index contributed by atoms with van der Waals surface area (Å²) in [6, 6.07) is 18.2. The lowest BCUT2D eigenvalue weighted by atomic mass is 9.74. The number of aliphatic hydroxyl groups excluding tert-OH is 1. The zero-order valence-electron chi connectivity index (χ0n) is 19.7. The molecule has 0 bridgehead atoms. The maximum atomic E-state index is 13.1. The minimum Gasteiger partial charge on any atom is -0.395 e. The number of fused-ring (bicyclic) bond motifs is 1. The number of carbonyl (C=O) groups is 1. The van der Waals surface area contributed by atoms with E-state index in [0.717, 1.165) is 45.3 Å². The van der Waals surface area contributed by atoms with Crippen molar-refractivity contribution < 1.29 is 9.90 Å². The van der Waals surface area contributed by atoms with Crippen molar-refractivity contribution >= 4 is 6.03 Å². The normalized spacial score (nSPS) is 26.2. The first-order chi connectivity index (χ1) is 16.2. The van der Waals surface area contributed by atoms with Crippen LogP contribution < -0.4 is 5.32 Å². The van der Waals surface area contributed by atoms with Gasteiger partial charge in [-0.1, -0.05) is 61.4 Å². The Labute approximate surface area is 197 Å². The number of urea groups is 1. The van der Waals surface area contributed by atoms with Crippen molar-refractivity contribution in [3.63, 3.8) is 0 Å². The van der Waals surface area contributed by atoms with Gasteiger partial charge >= 0.3 is 6.03 Å². The fourth-order valence-corrected chi connectivity index (χ4v) is 6.24. The molecule has 2 aromatic carbocycles. The molecule has 0 unspecified atom stereocenters. The smallest absolute Gasteiger partial charge is 0.317 e. The van der Waals surface area contributed by atoms with Crippen molar-refractivity contribution in [2.24, 2.45) is 0 Å². The van der Waals surface area contributed by atoms with Gasteiger partial charge in [0.1, 0.15) is 0 Å². The fourth-order valence-electron chi connectivity index (χ4n) is 6.24. The number of benzene rings is 2. The van der Waals surface area contributed by atoms with Gasteiger partial charge in [0, 0.05) is 37.1 Å². The van der Waals surface area contributed by atoms with Gasteiger partial charge < -0.3 is 15.3 Å². The third kappa shape index (κ3) is 4.53. The summed E-state index contributed by atoms with van der Waals surface area (Å²) in [7, 11) is 0. The van der Waals surface area contributed by atoms with E-state index in [0.29, 0.717) is 6.04 Å². The highest BCUT2D eigenvalue weighted by molar-refractivity contribution is 5.74. The van der Waals surface area contributed by atoms with E-state index in [1.54, 1.807) is 0 Å². The molecule has 2 amide bonds. The molecule has 3 atom stereocenters. The Kier molecular flexibility index (Phi) is 6.70. The van der Waals surface area contributed by atoms with Crippen LogP contribution in [-0.4, -0.2) is 65.3 Å². The van der Waals surface area contributed by atoms with E-state index < -0.39 is 0 Å². The highest BCUT2D eigenvalue weighted by Crippen LogP contribution is 2.42. The highest BCUT2D eigenvalue weighted by atomic mass is 16.3. The summed E-state index contributed by atoms with van der Waals surface area (Å²) >= 11 is 0. The van der Waals surface area contributed by atoms with Crippen LogP contribution in [0.5, 0.6) is 0 Å². The van der Waals surface area contributed by atoms with Crippen molar-refractivity contribution in [3.8, 4) is 11.1 Å². The lowest BCUT2D eigenvalue weighted by Gasteiger charge is -2.57. The van der Waals surface area contributed by atoms with Gasteiger partial charge in [0.15, 0.2) is 0 Å². The molecular weight excluding hydrogens is 410 g/mol. The molecule has 2 heterocycles. The number of nitrogens with one attached hydrogen (secondary N) is 1. The first-order valence-electron chi connectivity index (χ1n) is 12.7. The van der Waals surface area contributed by atoms with Crippen molar-refractivity contribution in [1.29, 1.82) is 0 Å². The summed E-state index contributed by atoms with van der Waals surface area (Å²) in [5.41, 5.74) is 5.03. The monoisotopic (exact) mass is 447 g/mol. The summed E-state index contributed by atoms with van der Waals surface area (Å²) in [6.45, 7) is 4.88. The summed E-state index contributed by atoms with van der Waals surface area (Å²) in [4.78, 5) is 17.5. The third-order valence-electron chi connectivity index (χ3n) is 8.09. The van der Waals surface area contributed by atoms with E-state index in [1.807, 2.05) is 4.90 Å². The van der Waals surface area contributed by atoms with Crippen LogP contribution in [0.15, 0.2) is 48.5 Å². The number of rotatable bonds is 4. The van der Waals surface area contributed by atoms with Crippen molar-refractivity contribution in [1.82, 2.24) is 15.1 Å². The number of carbonyl (C=O) groups excluding carboxylic acids is 1. The van der Waals surface area contributed by atoms with Crippen LogP contribution in [0.25, 0.3) is 11.1 Å². The molecule has 2 aliphatic heterocycles. The second kappa shape index (κ2) is 9.86.